The fraction of sp³-hybridized carbons (Fsp3) is 0.562. The molecule has 1 heterocycles. The van der Waals surface area contributed by atoms with Crippen molar-refractivity contribution in [3.63, 3.8) is 0 Å². The lowest BCUT2D eigenvalue weighted by molar-refractivity contribution is -0.132. The largest absolute Gasteiger partial charge is 0.384 e. The van der Waals surface area contributed by atoms with Gasteiger partial charge in [-0.05, 0) is 49.4 Å². The number of anilines is 1. The minimum absolute atomic E-state index is 0.260. The molecule has 1 aliphatic rings. The molecule has 1 aromatic rings. The molecule has 1 N–H and O–H groups in total. The Kier molecular flexibility index (Phi) is 5.30. The summed E-state index contributed by atoms with van der Waals surface area (Å²) in [7, 11) is 0. The molecule has 0 radical (unpaired) electrons. The van der Waals surface area contributed by atoms with Gasteiger partial charge in [-0.3, -0.25) is 4.79 Å². The van der Waals surface area contributed by atoms with Gasteiger partial charge >= 0.3 is 0 Å². The van der Waals surface area contributed by atoms with Crippen molar-refractivity contribution in [1.82, 2.24) is 4.90 Å². The number of nitrogens with zero attached hydrogens (tertiary/aromatic N) is 1. The van der Waals surface area contributed by atoms with Crippen LogP contribution in [-0.4, -0.2) is 30.4 Å². The van der Waals surface area contributed by atoms with Crippen molar-refractivity contribution in [2.45, 2.75) is 33.1 Å². The molecule has 3 nitrogen and oxygen atoms in total. The van der Waals surface area contributed by atoms with E-state index in [0.717, 1.165) is 35.8 Å². The minimum atomic E-state index is 0.260. The van der Waals surface area contributed by atoms with Crippen molar-refractivity contribution in [3.05, 3.63) is 28.8 Å². The highest BCUT2D eigenvalue weighted by atomic mass is 35.5. The number of carbonyl (C=O) groups excluding carboxylic acids is 1. The topological polar surface area (TPSA) is 32.3 Å². The zero-order chi connectivity index (χ0) is 14.5. The molecule has 0 spiro atoms. The first kappa shape index (κ1) is 15.2. The van der Waals surface area contributed by atoms with E-state index in [-0.39, 0.29) is 5.91 Å². The summed E-state index contributed by atoms with van der Waals surface area (Å²) in [5.74, 6) is 0.898. The first-order valence-electron chi connectivity index (χ1n) is 7.34. The summed E-state index contributed by atoms with van der Waals surface area (Å²) in [6, 6.07) is 5.76. The van der Waals surface area contributed by atoms with Crippen LogP contribution in [0, 0.1) is 12.8 Å². The fourth-order valence-corrected chi connectivity index (χ4v) is 2.93. The number of nitrogens with one attached hydrogen (secondary N) is 1. The number of rotatable bonds is 4. The van der Waals surface area contributed by atoms with E-state index >= 15 is 0 Å². The molecule has 0 aliphatic carbocycles. The van der Waals surface area contributed by atoms with Crippen LogP contribution >= 0.6 is 11.6 Å². The molecule has 20 heavy (non-hydrogen) atoms. The Bertz CT molecular complexity index is 476. The second kappa shape index (κ2) is 6.98. The molecule has 110 valence electrons. The summed E-state index contributed by atoms with van der Waals surface area (Å²) in [6.45, 7) is 6.74. The van der Waals surface area contributed by atoms with E-state index in [4.69, 9.17) is 11.6 Å². The van der Waals surface area contributed by atoms with Crippen LogP contribution in [0.1, 0.15) is 31.7 Å². The summed E-state index contributed by atoms with van der Waals surface area (Å²) in [5.41, 5.74) is 2.16. The predicted octanol–water partition coefficient (Wildman–Crippen LogP) is 3.71. The molecule has 2 rings (SSSR count). The standard InChI is InChI=1S/C16H23ClN2O/c1-12-4-3-9-19(11-12)16(20)7-8-18-15-6-5-14(17)10-13(15)2/h5-6,10,12,18H,3-4,7-9,11H2,1-2H3. The van der Waals surface area contributed by atoms with Gasteiger partial charge in [-0.25, -0.2) is 0 Å². The number of amides is 1. The van der Waals surface area contributed by atoms with Gasteiger partial charge in [0, 0.05) is 36.8 Å². The van der Waals surface area contributed by atoms with E-state index in [0.29, 0.717) is 18.9 Å². The van der Waals surface area contributed by atoms with E-state index in [9.17, 15) is 4.79 Å². The van der Waals surface area contributed by atoms with Crippen LogP contribution in [0.3, 0.4) is 0 Å². The van der Waals surface area contributed by atoms with E-state index in [1.165, 1.54) is 6.42 Å². The van der Waals surface area contributed by atoms with Crippen molar-refractivity contribution >= 4 is 23.2 Å². The third-order valence-electron chi connectivity index (χ3n) is 3.85. The number of likely N-dealkylation sites (tertiary alicyclic amines) is 1. The molecule has 1 atom stereocenters. The molecular weight excluding hydrogens is 272 g/mol. The third kappa shape index (κ3) is 4.14. The highest BCUT2D eigenvalue weighted by molar-refractivity contribution is 6.30. The van der Waals surface area contributed by atoms with Gasteiger partial charge in [0.1, 0.15) is 0 Å². The first-order valence-corrected chi connectivity index (χ1v) is 7.72. The highest BCUT2D eigenvalue weighted by Gasteiger charge is 2.20. The van der Waals surface area contributed by atoms with Crippen LogP contribution in [-0.2, 0) is 4.79 Å². The molecule has 1 fully saturated rings. The molecule has 0 aromatic heterocycles. The van der Waals surface area contributed by atoms with E-state index in [2.05, 4.69) is 12.2 Å². The maximum Gasteiger partial charge on any atom is 0.224 e. The van der Waals surface area contributed by atoms with Gasteiger partial charge in [0.25, 0.3) is 0 Å². The maximum absolute atomic E-state index is 12.1. The van der Waals surface area contributed by atoms with Crippen LogP contribution in [0.5, 0.6) is 0 Å². The lowest BCUT2D eigenvalue weighted by Gasteiger charge is -2.31. The summed E-state index contributed by atoms with van der Waals surface area (Å²) >= 11 is 5.93. The van der Waals surface area contributed by atoms with Gasteiger partial charge in [-0.2, -0.15) is 0 Å². The number of carbonyl (C=O) groups is 1. The number of aryl methyl sites for hydroxylation is 1. The SMILES string of the molecule is Cc1cc(Cl)ccc1NCCC(=O)N1CCCC(C)C1. The fourth-order valence-electron chi connectivity index (χ4n) is 2.70. The number of piperidine rings is 1. The van der Waals surface area contributed by atoms with Gasteiger partial charge in [0.15, 0.2) is 0 Å². The van der Waals surface area contributed by atoms with Gasteiger partial charge < -0.3 is 10.2 Å². The second-order valence-electron chi connectivity index (χ2n) is 5.72. The lowest BCUT2D eigenvalue weighted by atomic mass is 10.00. The molecular formula is C16H23ClN2O. The first-order chi connectivity index (χ1) is 9.56. The molecule has 1 saturated heterocycles. The summed E-state index contributed by atoms with van der Waals surface area (Å²) in [6.07, 6.45) is 2.93. The minimum Gasteiger partial charge on any atom is -0.384 e. The molecule has 1 unspecified atom stereocenters. The Labute approximate surface area is 126 Å². The Hall–Kier alpha value is -1.22. The van der Waals surface area contributed by atoms with Crippen molar-refractivity contribution in [2.75, 3.05) is 25.0 Å². The van der Waals surface area contributed by atoms with Crippen LogP contribution in [0.15, 0.2) is 18.2 Å². The van der Waals surface area contributed by atoms with Gasteiger partial charge in [0.2, 0.25) is 5.91 Å². The summed E-state index contributed by atoms with van der Waals surface area (Å²) < 4.78 is 0. The Morgan fingerprint density at radius 2 is 2.30 bits per heavy atom. The molecule has 1 aliphatic heterocycles. The summed E-state index contributed by atoms with van der Waals surface area (Å²) in [5, 5.41) is 4.06. The predicted molar refractivity (Wildman–Crippen MR) is 84.3 cm³/mol. The van der Waals surface area contributed by atoms with Gasteiger partial charge in [-0.15, -0.1) is 0 Å². The second-order valence-corrected chi connectivity index (χ2v) is 6.16. The Morgan fingerprint density at radius 1 is 1.50 bits per heavy atom. The van der Waals surface area contributed by atoms with Gasteiger partial charge in [-0.1, -0.05) is 18.5 Å². The van der Waals surface area contributed by atoms with Crippen molar-refractivity contribution in [1.29, 1.82) is 0 Å². The van der Waals surface area contributed by atoms with E-state index < -0.39 is 0 Å². The van der Waals surface area contributed by atoms with E-state index in [1.54, 1.807) is 0 Å². The highest BCUT2D eigenvalue weighted by Crippen LogP contribution is 2.20. The van der Waals surface area contributed by atoms with Crippen molar-refractivity contribution in [2.24, 2.45) is 5.92 Å². The molecule has 1 amide bonds. The quantitative estimate of drug-likeness (QED) is 0.918. The normalized spacial score (nSPS) is 18.9. The Morgan fingerprint density at radius 3 is 3.00 bits per heavy atom. The van der Waals surface area contributed by atoms with E-state index in [1.807, 2.05) is 30.0 Å². The van der Waals surface area contributed by atoms with Crippen molar-refractivity contribution in [3.8, 4) is 0 Å². The monoisotopic (exact) mass is 294 g/mol. The zero-order valence-electron chi connectivity index (χ0n) is 12.3. The van der Waals surface area contributed by atoms with Crippen molar-refractivity contribution < 1.29 is 4.79 Å². The molecule has 1 aromatic carbocycles. The molecule has 0 bridgehead atoms. The number of hydrogen-bond acceptors (Lipinski definition) is 2. The smallest absolute Gasteiger partial charge is 0.224 e. The van der Waals surface area contributed by atoms with Crippen LogP contribution in [0.25, 0.3) is 0 Å². The van der Waals surface area contributed by atoms with Crippen LogP contribution in [0.4, 0.5) is 5.69 Å². The number of halogens is 1. The number of benzene rings is 1. The van der Waals surface area contributed by atoms with Gasteiger partial charge in [0.05, 0.1) is 0 Å². The molecule has 4 heteroatoms. The lowest BCUT2D eigenvalue weighted by Crippen LogP contribution is -2.39. The Balaban J connectivity index is 1.79. The van der Waals surface area contributed by atoms with Crippen LogP contribution < -0.4 is 5.32 Å². The average Bonchev–Trinajstić information content (AvgIpc) is 2.41. The average molecular weight is 295 g/mol. The summed E-state index contributed by atoms with van der Waals surface area (Å²) in [4.78, 5) is 14.1. The zero-order valence-corrected chi connectivity index (χ0v) is 13.0. The van der Waals surface area contributed by atoms with Crippen LogP contribution in [0.2, 0.25) is 5.02 Å². The third-order valence-corrected chi connectivity index (χ3v) is 4.09. The number of hydrogen-bond donors (Lipinski definition) is 1. The molecule has 0 saturated carbocycles. The maximum atomic E-state index is 12.1.